The molecule has 2 aliphatic rings. The Labute approximate surface area is 211 Å². The summed E-state index contributed by atoms with van der Waals surface area (Å²) in [4.78, 5) is 9.91. The number of halogens is 1. The van der Waals surface area contributed by atoms with Gasteiger partial charge in [0.05, 0.1) is 13.7 Å². The van der Waals surface area contributed by atoms with Crippen molar-refractivity contribution >= 4 is 35.6 Å². The highest BCUT2D eigenvalue weighted by Gasteiger charge is 2.22. The fourth-order valence-corrected chi connectivity index (χ4v) is 4.48. The fraction of sp³-hybridized carbons (Fsp3) is 0.708. The van der Waals surface area contributed by atoms with Crippen molar-refractivity contribution < 1.29 is 9.47 Å². The first-order chi connectivity index (χ1) is 15.2. The van der Waals surface area contributed by atoms with Gasteiger partial charge in [0.15, 0.2) is 5.96 Å². The van der Waals surface area contributed by atoms with Gasteiger partial charge >= 0.3 is 0 Å². The van der Waals surface area contributed by atoms with Crippen molar-refractivity contribution in [2.45, 2.75) is 38.6 Å². The summed E-state index contributed by atoms with van der Waals surface area (Å²) in [6.45, 7) is 10.2. The molecule has 0 amide bonds. The lowest BCUT2D eigenvalue weighted by molar-refractivity contribution is 0.121. The van der Waals surface area contributed by atoms with Crippen LogP contribution in [0.5, 0.6) is 5.75 Å². The molecule has 1 atom stereocenters. The van der Waals surface area contributed by atoms with E-state index in [-0.39, 0.29) is 24.0 Å². The van der Waals surface area contributed by atoms with E-state index in [0.717, 1.165) is 64.1 Å². The Morgan fingerprint density at radius 1 is 1.16 bits per heavy atom. The summed E-state index contributed by atoms with van der Waals surface area (Å²) >= 11 is 0. The zero-order chi connectivity index (χ0) is 21.9. The first kappa shape index (κ1) is 27.0. The third kappa shape index (κ3) is 8.59. The summed E-state index contributed by atoms with van der Waals surface area (Å²) in [6, 6.07) is 8.76. The van der Waals surface area contributed by atoms with Gasteiger partial charge < -0.3 is 29.9 Å². The lowest BCUT2D eigenvalue weighted by Gasteiger charge is -2.35. The molecule has 2 N–H and O–H groups in total. The number of hydrogen-bond donors (Lipinski definition) is 2. The van der Waals surface area contributed by atoms with Crippen molar-refractivity contribution in [1.82, 2.24) is 15.5 Å². The highest BCUT2D eigenvalue weighted by molar-refractivity contribution is 14.0. The maximum atomic E-state index is 5.40. The zero-order valence-electron chi connectivity index (χ0n) is 20.0. The Morgan fingerprint density at radius 3 is 2.69 bits per heavy atom. The smallest absolute Gasteiger partial charge is 0.191 e. The maximum absolute atomic E-state index is 5.40. The van der Waals surface area contributed by atoms with Crippen molar-refractivity contribution in [3.8, 4) is 5.75 Å². The lowest BCUT2D eigenvalue weighted by atomic mass is 9.97. The van der Waals surface area contributed by atoms with Crippen LogP contribution in [-0.2, 0) is 4.74 Å². The van der Waals surface area contributed by atoms with Crippen LogP contribution in [-0.4, -0.2) is 83.5 Å². The Balaban J connectivity index is 0.00000363. The minimum absolute atomic E-state index is 0. The van der Waals surface area contributed by atoms with E-state index in [1.165, 1.54) is 31.4 Å². The van der Waals surface area contributed by atoms with E-state index in [0.29, 0.717) is 12.0 Å². The largest absolute Gasteiger partial charge is 0.497 e. The zero-order valence-corrected chi connectivity index (χ0v) is 22.3. The minimum atomic E-state index is 0. The van der Waals surface area contributed by atoms with Gasteiger partial charge in [-0.2, -0.15) is 0 Å². The maximum Gasteiger partial charge on any atom is 0.191 e. The van der Waals surface area contributed by atoms with Gasteiger partial charge in [0.2, 0.25) is 0 Å². The van der Waals surface area contributed by atoms with E-state index < -0.39 is 0 Å². The molecule has 0 spiro atoms. The predicted molar refractivity (Wildman–Crippen MR) is 144 cm³/mol. The first-order valence-electron chi connectivity index (χ1n) is 11.9. The van der Waals surface area contributed by atoms with Crippen molar-refractivity contribution in [2.24, 2.45) is 10.9 Å². The normalized spacial score (nSPS) is 20.5. The van der Waals surface area contributed by atoms with E-state index in [1.54, 1.807) is 14.2 Å². The van der Waals surface area contributed by atoms with E-state index in [4.69, 9.17) is 14.5 Å². The molecule has 2 aliphatic heterocycles. The SMILES string of the molecule is CCNC(=NCC1CCN(CCOC)CC1)NC1CCCN(c2cccc(OC)c2)C1.I. The molecule has 0 saturated carbocycles. The molecule has 3 rings (SSSR count). The highest BCUT2D eigenvalue weighted by Crippen LogP contribution is 2.24. The van der Waals surface area contributed by atoms with E-state index in [2.05, 4.69) is 45.6 Å². The molecule has 7 nitrogen and oxygen atoms in total. The van der Waals surface area contributed by atoms with Crippen LogP contribution in [0.15, 0.2) is 29.3 Å². The number of ether oxygens (including phenoxy) is 2. The van der Waals surface area contributed by atoms with Gasteiger partial charge in [-0.1, -0.05) is 6.07 Å². The monoisotopic (exact) mass is 559 g/mol. The summed E-state index contributed by atoms with van der Waals surface area (Å²) in [6.07, 6.45) is 4.79. The molecule has 2 saturated heterocycles. The van der Waals surface area contributed by atoms with Gasteiger partial charge in [-0.25, -0.2) is 0 Å². The number of guanidine groups is 1. The van der Waals surface area contributed by atoms with Gasteiger partial charge in [-0.15, -0.1) is 24.0 Å². The summed E-state index contributed by atoms with van der Waals surface area (Å²) in [5.74, 6) is 2.55. The minimum Gasteiger partial charge on any atom is -0.497 e. The van der Waals surface area contributed by atoms with Gasteiger partial charge in [-0.3, -0.25) is 4.99 Å². The standard InChI is InChI=1S/C24H41N5O2.HI/c1-4-25-24(26-18-20-10-13-28(14-11-20)15-16-30-2)27-21-7-6-12-29(19-21)22-8-5-9-23(17-22)31-3;/h5,8-9,17,20-21H,4,6-7,10-16,18-19H2,1-3H3,(H2,25,26,27);1H. The van der Waals surface area contributed by atoms with E-state index in [1.807, 2.05) is 6.07 Å². The first-order valence-corrected chi connectivity index (χ1v) is 11.9. The van der Waals surface area contributed by atoms with Crippen LogP contribution in [0, 0.1) is 5.92 Å². The lowest BCUT2D eigenvalue weighted by Crippen LogP contribution is -2.51. The molecular weight excluding hydrogens is 517 g/mol. The van der Waals surface area contributed by atoms with Crippen LogP contribution in [0.2, 0.25) is 0 Å². The van der Waals surface area contributed by atoms with Crippen molar-refractivity contribution in [2.75, 3.05) is 71.5 Å². The Bertz CT molecular complexity index is 682. The third-order valence-electron chi connectivity index (χ3n) is 6.35. The Kier molecular flexibility index (Phi) is 12.5. The number of piperidine rings is 2. The quantitative estimate of drug-likeness (QED) is 0.276. The molecule has 1 aromatic carbocycles. The van der Waals surface area contributed by atoms with Crippen LogP contribution < -0.4 is 20.3 Å². The molecule has 1 aromatic rings. The molecule has 2 fully saturated rings. The topological polar surface area (TPSA) is 61.4 Å². The van der Waals surface area contributed by atoms with Crippen LogP contribution in [0.1, 0.15) is 32.6 Å². The number of likely N-dealkylation sites (tertiary alicyclic amines) is 1. The van der Waals surface area contributed by atoms with E-state index in [9.17, 15) is 0 Å². The molecule has 32 heavy (non-hydrogen) atoms. The molecule has 0 radical (unpaired) electrons. The number of methoxy groups -OCH3 is 2. The van der Waals surface area contributed by atoms with Crippen molar-refractivity contribution in [3.63, 3.8) is 0 Å². The average Bonchev–Trinajstić information content (AvgIpc) is 2.82. The van der Waals surface area contributed by atoms with Gasteiger partial charge in [0, 0.05) is 57.6 Å². The summed E-state index contributed by atoms with van der Waals surface area (Å²) in [5.41, 5.74) is 1.23. The number of hydrogen-bond acceptors (Lipinski definition) is 5. The summed E-state index contributed by atoms with van der Waals surface area (Å²) in [5, 5.41) is 7.15. The summed E-state index contributed by atoms with van der Waals surface area (Å²) in [7, 11) is 3.50. The molecule has 182 valence electrons. The average molecular weight is 560 g/mol. The second kappa shape index (κ2) is 14.8. The van der Waals surface area contributed by atoms with Crippen molar-refractivity contribution in [3.05, 3.63) is 24.3 Å². The molecule has 0 bridgehead atoms. The van der Waals surface area contributed by atoms with Gasteiger partial charge in [0.25, 0.3) is 0 Å². The number of anilines is 1. The molecule has 2 heterocycles. The Morgan fingerprint density at radius 2 is 1.97 bits per heavy atom. The third-order valence-corrected chi connectivity index (χ3v) is 6.35. The number of rotatable bonds is 9. The number of benzene rings is 1. The predicted octanol–water partition coefficient (Wildman–Crippen LogP) is 3.20. The highest BCUT2D eigenvalue weighted by atomic mass is 127. The molecule has 1 unspecified atom stereocenters. The second-order valence-corrected chi connectivity index (χ2v) is 8.63. The Hall–Kier alpha value is -1.26. The van der Waals surface area contributed by atoms with Crippen LogP contribution in [0.25, 0.3) is 0 Å². The summed E-state index contributed by atoms with van der Waals surface area (Å²) < 4.78 is 10.6. The van der Waals surface area contributed by atoms with Crippen molar-refractivity contribution in [1.29, 1.82) is 0 Å². The van der Waals surface area contributed by atoms with Crippen LogP contribution in [0.4, 0.5) is 5.69 Å². The number of nitrogens with zero attached hydrogens (tertiary/aromatic N) is 3. The van der Waals surface area contributed by atoms with Gasteiger partial charge in [0.1, 0.15) is 5.75 Å². The molecule has 0 aliphatic carbocycles. The fourth-order valence-electron chi connectivity index (χ4n) is 4.48. The van der Waals surface area contributed by atoms with E-state index >= 15 is 0 Å². The van der Waals surface area contributed by atoms with Gasteiger partial charge in [-0.05, 0) is 63.7 Å². The van der Waals surface area contributed by atoms with Crippen LogP contribution >= 0.6 is 24.0 Å². The molecular formula is C24H42IN5O2. The number of aliphatic imine (C=N–C) groups is 1. The molecule has 0 aromatic heterocycles. The number of nitrogens with one attached hydrogen (secondary N) is 2. The van der Waals surface area contributed by atoms with Crippen LogP contribution in [0.3, 0.4) is 0 Å². The second-order valence-electron chi connectivity index (χ2n) is 8.63. The molecule has 8 heteroatoms.